The summed E-state index contributed by atoms with van der Waals surface area (Å²) in [7, 11) is 4.01. The predicted octanol–water partition coefficient (Wildman–Crippen LogP) is 3.10. The van der Waals surface area contributed by atoms with Gasteiger partial charge in [-0.1, -0.05) is 17.3 Å². The molecule has 24 heavy (non-hydrogen) atoms. The maximum Gasteiger partial charge on any atom is 0.318 e. The summed E-state index contributed by atoms with van der Waals surface area (Å²) >= 11 is 0. The van der Waals surface area contributed by atoms with Crippen LogP contribution >= 0.6 is 0 Å². The van der Waals surface area contributed by atoms with Gasteiger partial charge in [0.15, 0.2) is 5.76 Å². The van der Waals surface area contributed by atoms with E-state index in [0.717, 1.165) is 42.1 Å². The monoisotopic (exact) mass is 328 g/mol. The molecule has 6 heteroatoms. The van der Waals surface area contributed by atoms with E-state index in [1.807, 2.05) is 55.1 Å². The Morgan fingerprint density at radius 2 is 2.25 bits per heavy atom. The van der Waals surface area contributed by atoms with Crippen LogP contribution in [0, 0.1) is 6.92 Å². The van der Waals surface area contributed by atoms with Gasteiger partial charge in [0, 0.05) is 38.9 Å². The fraction of sp³-hybridized carbons (Fsp3) is 0.444. The summed E-state index contributed by atoms with van der Waals surface area (Å²) in [4.78, 5) is 16.5. The molecule has 0 spiro atoms. The van der Waals surface area contributed by atoms with Gasteiger partial charge in [-0.2, -0.15) is 0 Å². The number of hydrogen-bond acceptors (Lipinski definition) is 4. The number of nitrogens with one attached hydrogen (secondary N) is 1. The van der Waals surface area contributed by atoms with Gasteiger partial charge in [-0.3, -0.25) is 0 Å². The number of nitrogens with zero attached hydrogens (tertiary/aromatic N) is 3. The SMILES string of the molecule is Cc1cc(C2CCCN2C(=O)NCc2cccc(N(C)C)c2)on1. The minimum atomic E-state index is -0.0539. The lowest BCUT2D eigenvalue weighted by Crippen LogP contribution is -2.39. The maximum absolute atomic E-state index is 12.6. The molecule has 1 fully saturated rings. The van der Waals surface area contributed by atoms with E-state index in [1.54, 1.807) is 0 Å². The Balaban J connectivity index is 1.63. The molecule has 6 nitrogen and oxygen atoms in total. The number of aromatic nitrogens is 1. The number of amides is 2. The van der Waals surface area contributed by atoms with Gasteiger partial charge >= 0.3 is 6.03 Å². The van der Waals surface area contributed by atoms with Gasteiger partial charge in [0.05, 0.1) is 11.7 Å². The Morgan fingerprint density at radius 1 is 1.42 bits per heavy atom. The number of carbonyl (C=O) groups excluding carboxylic acids is 1. The van der Waals surface area contributed by atoms with Crippen LogP contribution in [-0.2, 0) is 6.54 Å². The third kappa shape index (κ3) is 3.53. The van der Waals surface area contributed by atoms with E-state index in [4.69, 9.17) is 4.52 Å². The molecular formula is C18H24N4O2. The highest BCUT2D eigenvalue weighted by Gasteiger charge is 2.32. The molecule has 1 saturated heterocycles. The molecule has 1 aromatic carbocycles. The number of rotatable bonds is 4. The van der Waals surface area contributed by atoms with Gasteiger partial charge in [0.25, 0.3) is 0 Å². The number of likely N-dealkylation sites (tertiary alicyclic amines) is 1. The van der Waals surface area contributed by atoms with Crippen molar-refractivity contribution in [2.45, 2.75) is 32.4 Å². The second kappa shape index (κ2) is 6.95. The first-order valence-electron chi connectivity index (χ1n) is 8.28. The summed E-state index contributed by atoms with van der Waals surface area (Å²) in [5.74, 6) is 0.773. The molecule has 2 aromatic rings. The van der Waals surface area contributed by atoms with Crippen molar-refractivity contribution in [2.24, 2.45) is 0 Å². The predicted molar refractivity (Wildman–Crippen MR) is 92.9 cm³/mol. The zero-order valence-corrected chi connectivity index (χ0v) is 14.5. The fourth-order valence-corrected chi connectivity index (χ4v) is 3.07. The highest BCUT2D eigenvalue weighted by molar-refractivity contribution is 5.75. The highest BCUT2D eigenvalue weighted by Crippen LogP contribution is 2.32. The first-order chi connectivity index (χ1) is 11.5. The molecular weight excluding hydrogens is 304 g/mol. The summed E-state index contributed by atoms with van der Waals surface area (Å²) < 4.78 is 5.36. The van der Waals surface area contributed by atoms with Crippen LogP contribution in [0.3, 0.4) is 0 Å². The van der Waals surface area contributed by atoms with Crippen LogP contribution < -0.4 is 10.2 Å². The maximum atomic E-state index is 12.6. The standard InChI is InChI=1S/C18H24N4O2/c1-13-10-17(24-20-13)16-8-5-9-22(16)18(23)19-12-14-6-4-7-15(11-14)21(2)3/h4,6-7,10-11,16H,5,8-9,12H2,1-3H3,(H,19,23). The Labute approximate surface area is 142 Å². The summed E-state index contributed by atoms with van der Waals surface area (Å²) in [6.07, 6.45) is 1.89. The van der Waals surface area contributed by atoms with Crippen LogP contribution in [0.15, 0.2) is 34.9 Å². The van der Waals surface area contributed by atoms with Gasteiger partial charge < -0.3 is 19.6 Å². The zero-order valence-electron chi connectivity index (χ0n) is 14.5. The number of anilines is 1. The van der Waals surface area contributed by atoms with Crippen molar-refractivity contribution in [3.8, 4) is 0 Å². The molecule has 1 N–H and O–H groups in total. The Morgan fingerprint density at radius 3 is 2.96 bits per heavy atom. The molecule has 1 aliphatic heterocycles. The van der Waals surface area contributed by atoms with Crippen molar-refractivity contribution >= 4 is 11.7 Å². The fourth-order valence-electron chi connectivity index (χ4n) is 3.07. The van der Waals surface area contributed by atoms with E-state index in [0.29, 0.717) is 6.54 Å². The second-order valence-electron chi connectivity index (χ2n) is 6.45. The largest absolute Gasteiger partial charge is 0.378 e. The molecule has 128 valence electrons. The molecule has 1 unspecified atom stereocenters. The number of hydrogen-bond donors (Lipinski definition) is 1. The number of benzene rings is 1. The van der Waals surface area contributed by atoms with Crippen LogP contribution in [0.2, 0.25) is 0 Å². The van der Waals surface area contributed by atoms with Crippen LogP contribution in [0.25, 0.3) is 0 Å². The third-order valence-corrected chi connectivity index (χ3v) is 4.36. The lowest BCUT2D eigenvalue weighted by Gasteiger charge is -2.23. The third-order valence-electron chi connectivity index (χ3n) is 4.36. The lowest BCUT2D eigenvalue weighted by atomic mass is 10.1. The van der Waals surface area contributed by atoms with E-state index in [9.17, 15) is 4.79 Å². The van der Waals surface area contributed by atoms with E-state index in [1.165, 1.54) is 0 Å². The van der Waals surface area contributed by atoms with Gasteiger partial charge in [-0.25, -0.2) is 4.79 Å². The molecule has 1 aromatic heterocycles. The van der Waals surface area contributed by atoms with Gasteiger partial charge in [-0.05, 0) is 37.5 Å². The molecule has 2 amide bonds. The first-order valence-corrected chi connectivity index (χ1v) is 8.28. The van der Waals surface area contributed by atoms with Crippen molar-refractivity contribution in [1.29, 1.82) is 0 Å². The molecule has 0 saturated carbocycles. The van der Waals surface area contributed by atoms with E-state index < -0.39 is 0 Å². The number of carbonyl (C=O) groups is 1. The van der Waals surface area contributed by atoms with E-state index >= 15 is 0 Å². The van der Waals surface area contributed by atoms with Crippen molar-refractivity contribution in [3.05, 3.63) is 47.3 Å². The summed E-state index contributed by atoms with van der Waals surface area (Å²) in [6, 6.07) is 10.0. The highest BCUT2D eigenvalue weighted by atomic mass is 16.5. The molecule has 0 aliphatic carbocycles. The van der Waals surface area contributed by atoms with Crippen molar-refractivity contribution in [1.82, 2.24) is 15.4 Å². The molecule has 3 rings (SSSR count). The zero-order chi connectivity index (χ0) is 17.1. The minimum Gasteiger partial charge on any atom is -0.378 e. The van der Waals surface area contributed by atoms with Crippen LogP contribution in [-0.4, -0.2) is 36.7 Å². The average Bonchev–Trinajstić information content (AvgIpc) is 3.21. The normalized spacial score (nSPS) is 17.1. The molecule has 0 bridgehead atoms. The van der Waals surface area contributed by atoms with Gasteiger partial charge in [0.2, 0.25) is 0 Å². The molecule has 1 atom stereocenters. The smallest absolute Gasteiger partial charge is 0.318 e. The minimum absolute atomic E-state index is 0.0145. The van der Waals surface area contributed by atoms with Crippen LogP contribution in [0.5, 0.6) is 0 Å². The Kier molecular flexibility index (Phi) is 4.74. The van der Waals surface area contributed by atoms with Crippen molar-refractivity contribution in [3.63, 3.8) is 0 Å². The van der Waals surface area contributed by atoms with Crippen molar-refractivity contribution < 1.29 is 9.32 Å². The topological polar surface area (TPSA) is 61.6 Å². The van der Waals surface area contributed by atoms with E-state index in [2.05, 4.69) is 16.5 Å². The quantitative estimate of drug-likeness (QED) is 0.937. The Bertz CT molecular complexity index is 711. The Hall–Kier alpha value is -2.50. The van der Waals surface area contributed by atoms with Gasteiger partial charge in [0.1, 0.15) is 0 Å². The van der Waals surface area contributed by atoms with Crippen LogP contribution in [0.1, 0.15) is 35.9 Å². The second-order valence-corrected chi connectivity index (χ2v) is 6.45. The van der Waals surface area contributed by atoms with Gasteiger partial charge in [-0.15, -0.1) is 0 Å². The molecule has 0 radical (unpaired) electrons. The molecule has 1 aliphatic rings. The van der Waals surface area contributed by atoms with E-state index in [-0.39, 0.29) is 12.1 Å². The summed E-state index contributed by atoms with van der Waals surface area (Å²) in [5.41, 5.74) is 3.05. The summed E-state index contributed by atoms with van der Waals surface area (Å²) in [5, 5.41) is 6.96. The summed E-state index contributed by atoms with van der Waals surface area (Å²) in [6.45, 7) is 3.15. The van der Waals surface area contributed by atoms with Crippen LogP contribution in [0.4, 0.5) is 10.5 Å². The van der Waals surface area contributed by atoms with Crippen molar-refractivity contribution in [2.75, 3.05) is 25.5 Å². The number of aryl methyl sites for hydroxylation is 1. The molecule has 2 heterocycles. The number of urea groups is 1. The first kappa shape index (κ1) is 16.4. The average molecular weight is 328 g/mol. The lowest BCUT2D eigenvalue weighted by molar-refractivity contribution is 0.182.